The van der Waals surface area contributed by atoms with E-state index in [4.69, 9.17) is 17.3 Å². The van der Waals surface area contributed by atoms with Crippen LogP contribution in [0.3, 0.4) is 0 Å². The van der Waals surface area contributed by atoms with Gasteiger partial charge in [0.25, 0.3) is 0 Å². The third-order valence-corrected chi connectivity index (χ3v) is 5.56. The van der Waals surface area contributed by atoms with Crippen LogP contribution in [0.25, 0.3) is 10.2 Å². The van der Waals surface area contributed by atoms with Gasteiger partial charge in [-0.2, -0.15) is 0 Å². The molecule has 0 saturated carbocycles. The average Bonchev–Trinajstić information content (AvgIpc) is 2.88. The Hall–Kier alpha value is -1.07. The molecular formula is C15H13ClN2S2. The number of benzene rings is 2. The number of rotatable bonds is 4. The van der Waals surface area contributed by atoms with E-state index in [0.717, 1.165) is 31.8 Å². The van der Waals surface area contributed by atoms with E-state index < -0.39 is 0 Å². The number of thiazole rings is 1. The minimum absolute atomic E-state index is 0.519. The SMILES string of the molecule is NCc1ccc(CSc2nc3ccccc3s2)c(Cl)c1. The Balaban J connectivity index is 1.75. The van der Waals surface area contributed by atoms with Crippen LogP contribution in [0.15, 0.2) is 46.8 Å². The summed E-state index contributed by atoms with van der Waals surface area (Å²) >= 11 is 9.70. The lowest BCUT2D eigenvalue weighted by Gasteiger charge is -2.04. The van der Waals surface area contributed by atoms with E-state index in [1.165, 1.54) is 4.70 Å². The van der Waals surface area contributed by atoms with Crippen LogP contribution >= 0.6 is 34.7 Å². The molecule has 0 aliphatic heterocycles. The third kappa shape index (κ3) is 2.99. The Bertz CT molecular complexity index is 707. The van der Waals surface area contributed by atoms with Crippen LogP contribution in [0.4, 0.5) is 0 Å². The lowest BCUT2D eigenvalue weighted by atomic mass is 10.1. The number of nitrogens with two attached hydrogens (primary N) is 1. The van der Waals surface area contributed by atoms with Crippen LogP contribution in [0.5, 0.6) is 0 Å². The van der Waals surface area contributed by atoms with Gasteiger partial charge in [0.15, 0.2) is 4.34 Å². The van der Waals surface area contributed by atoms with E-state index >= 15 is 0 Å². The number of halogens is 1. The predicted molar refractivity (Wildman–Crippen MR) is 88.5 cm³/mol. The summed E-state index contributed by atoms with van der Waals surface area (Å²) < 4.78 is 2.30. The van der Waals surface area contributed by atoms with Gasteiger partial charge in [-0.1, -0.05) is 47.6 Å². The molecule has 0 aliphatic carbocycles. The number of thioether (sulfide) groups is 1. The van der Waals surface area contributed by atoms with Crippen molar-refractivity contribution >= 4 is 44.9 Å². The molecule has 1 aromatic heterocycles. The topological polar surface area (TPSA) is 38.9 Å². The van der Waals surface area contributed by atoms with Crippen LogP contribution in [0, 0.1) is 0 Å². The number of para-hydroxylation sites is 1. The van der Waals surface area contributed by atoms with Gasteiger partial charge in [-0.3, -0.25) is 0 Å². The Morgan fingerprint density at radius 2 is 2.05 bits per heavy atom. The smallest absolute Gasteiger partial charge is 0.151 e. The van der Waals surface area contributed by atoms with Gasteiger partial charge in [0, 0.05) is 17.3 Å². The molecule has 1 heterocycles. The second-order valence-corrected chi connectivity index (χ2v) is 7.03. The molecule has 3 rings (SSSR count). The maximum absolute atomic E-state index is 6.27. The highest BCUT2D eigenvalue weighted by Gasteiger charge is 2.06. The first-order valence-corrected chi connectivity index (χ1v) is 8.40. The zero-order chi connectivity index (χ0) is 13.9. The van der Waals surface area contributed by atoms with Crippen LogP contribution in [-0.4, -0.2) is 4.98 Å². The second kappa shape index (κ2) is 6.14. The zero-order valence-corrected chi connectivity index (χ0v) is 13.1. The van der Waals surface area contributed by atoms with Gasteiger partial charge in [-0.15, -0.1) is 11.3 Å². The molecule has 102 valence electrons. The molecule has 0 fully saturated rings. The van der Waals surface area contributed by atoms with Crippen molar-refractivity contribution < 1.29 is 0 Å². The second-order valence-electron chi connectivity index (χ2n) is 4.37. The lowest BCUT2D eigenvalue weighted by Crippen LogP contribution is -1.96. The summed E-state index contributed by atoms with van der Waals surface area (Å²) in [5.41, 5.74) is 8.84. The van der Waals surface area contributed by atoms with Crippen molar-refractivity contribution in [3.05, 3.63) is 58.6 Å². The first kappa shape index (κ1) is 13.9. The Labute approximate surface area is 131 Å². The molecule has 3 aromatic rings. The molecular weight excluding hydrogens is 308 g/mol. The fraction of sp³-hybridized carbons (Fsp3) is 0.133. The monoisotopic (exact) mass is 320 g/mol. The van der Waals surface area contributed by atoms with Crippen molar-refractivity contribution in [1.82, 2.24) is 4.98 Å². The van der Waals surface area contributed by atoms with Crippen molar-refractivity contribution in [2.24, 2.45) is 5.73 Å². The third-order valence-electron chi connectivity index (χ3n) is 2.98. The molecule has 0 atom stereocenters. The summed E-state index contributed by atoms with van der Waals surface area (Å²) in [6, 6.07) is 14.2. The Morgan fingerprint density at radius 3 is 2.80 bits per heavy atom. The van der Waals surface area contributed by atoms with E-state index in [2.05, 4.69) is 11.1 Å². The molecule has 0 saturated heterocycles. The highest BCUT2D eigenvalue weighted by atomic mass is 35.5. The first-order chi connectivity index (χ1) is 9.76. The summed E-state index contributed by atoms with van der Waals surface area (Å²) in [4.78, 5) is 4.61. The quantitative estimate of drug-likeness (QED) is 0.708. The van der Waals surface area contributed by atoms with Crippen molar-refractivity contribution in [2.45, 2.75) is 16.6 Å². The van der Waals surface area contributed by atoms with E-state index in [-0.39, 0.29) is 0 Å². The highest BCUT2D eigenvalue weighted by Crippen LogP contribution is 2.32. The molecule has 0 amide bonds. The van der Waals surface area contributed by atoms with Gasteiger partial charge >= 0.3 is 0 Å². The summed E-state index contributed by atoms with van der Waals surface area (Å²) in [5, 5.41) is 0.779. The average molecular weight is 321 g/mol. The molecule has 0 spiro atoms. The van der Waals surface area contributed by atoms with E-state index in [9.17, 15) is 0 Å². The highest BCUT2D eigenvalue weighted by molar-refractivity contribution is 8.00. The van der Waals surface area contributed by atoms with Crippen LogP contribution in [0.1, 0.15) is 11.1 Å². The number of hydrogen-bond acceptors (Lipinski definition) is 4. The zero-order valence-electron chi connectivity index (χ0n) is 10.7. The van der Waals surface area contributed by atoms with E-state index in [0.29, 0.717) is 6.54 Å². The summed E-state index contributed by atoms with van der Waals surface area (Å²) in [6.45, 7) is 0.519. The van der Waals surface area contributed by atoms with Gasteiger partial charge in [0.1, 0.15) is 0 Å². The molecule has 0 radical (unpaired) electrons. The predicted octanol–water partition coefficient (Wildman–Crippen LogP) is 4.70. The van der Waals surface area contributed by atoms with Gasteiger partial charge < -0.3 is 5.73 Å². The van der Waals surface area contributed by atoms with Gasteiger partial charge in [-0.25, -0.2) is 4.98 Å². The number of fused-ring (bicyclic) bond motifs is 1. The van der Waals surface area contributed by atoms with Gasteiger partial charge in [0.2, 0.25) is 0 Å². The maximum atomic E-state index is 6.27. The van der Waals surface area contributed by atoms with E-state index in [1.54, 1.807) is 23.1 Å². The molecule has 0 unspecified atom stereocenters. The van der Waals surface area contributed by atoms with E-state index in [1.807, 2.05) is 36.4 Å². The fourth-order valence-electron chi connectivity index (χ4n) is 1.89. The molecule has 0 bridgehead atoms. The fourth-order valence-corrected chi connectivity index (χ4v) is 4.31. The normalized spacial score (nSPS) is 11.1. The molecule has 2 aromatic carbocycles. The standard InChI is InChI=1S/C15H13ClN2S2/c16-12-7-10(8-17)5-6-11(12)9-19-15-18-13-3-1-2-4-14(13)20-15/h1-7H,8-9,17H2. The van der Waals surface area contributed by atoms with Crippen LogP contribution in [0.2, 0.25) is 5.02 Å². The minimum atomic E-state index is 0.519. The van der Waals surface area contributed by atoms with Crippen molar-refractivity contribution in [1.29, 1.82) is 0 Å². The van der Waals surface area contributed by atoms with Crippen molar-refractivity contribution in [3.63, 3.8) is 0 Å². The summed E-state index contributed by atoms with van der Waals surface area (Å²) in [6.07, 6.45) is 0. The Morgan fingerprint density at radius 1 is 1.20 bits per heavy atom. The molecule has 0 aliphatic rings. The Kier molecular flexibility index (Phi) is 4.27. The van der Waals surface area contributed by atoms with Gasteiger partial charge in [0.05, 0.1) is 10.2 Å². The lowest BCUT2D eigenvalue weighted by molar-refractivity contribution is 1.07. The largest absolute Gasteiger partial charge is 0.326 e. The number of aromatic nitrogens is 1. The molecule has 2 nitrogen and oxygen atoms in total. The molecule has 20 heavy (non-hydrogen) atoms. The summed E-state index contributed by atoms with van der Waals surface area (Å²) in [7, 11) is 0. The number of hydrogen-bond donors (Lipinski definition) is 1. The number of nitrogens with zero attached hydrogens (tertiary/aromatic N) is 1. The first-order valence-electron chi connectivity index (χ1n) is 6.22. The summed E-state index contributed by atoms with van der Waals surface area (Å²) in [5.74, 6) is 0.823. The van der Waals surface area contributed by atoms with Crippen LogP contribution in [-0.2, 0) is 12.3 Å². The van der Waals surface area contributed by atoms with Gasteiger partial charge in [-0.05, 0) is 29.3 Å². The van der Waals surface area contributed by atoms with Crippen molar-refractivity contribution in [3.8, 4) is 0 Å². The minimum Gasteiger partial charge on any atom is -0.326 e. The maximum Gasteiger partial charge on any atom is 0.151 e. The van der Waals surface area contributed by atoms with Crippen molar-refractivity contribution in [2.75, 3.05) is 0 Å². The molecule has 5 heteroatoms. The van der Waals surface area contributed by atoms with Crippen LogP contribution < -0.4 is 5.73 Å². The molecule has 2 N–H and O–H groups in total.